The molecule has 2 rings (SSSR count). The van der Waals surface area contributed by atoms with Crippen molar-refractivity contribution in [2.75, 3.05) is 7.11 Å². The first-order valence-corrected chi connectivity index (χ1v) is 5.99. The van der Waals surface area contributed by atoms with Crippen LogP contribution in [0.1, 0.15) is 23.2 Å². The highest BCUT2D eigenvalue weighted by Gasteiger charge is 2.30. The van der Waals surface area contributed by atoms with E-state index in [2.05, 4.69) is 22.0 Å². The Balaban J connectivity index is 2.22. The third-order valence-electron chi connectivity index (χ3n) is 2.53. The van der Waals surface area contributed by atoms with Crippen molar-refractivity contribution >= 4 is 27.5 Å². The minimum absolute atomic E-state index is 0.450. The molecule has 0 saturated heterocycles. The predicted molar refractivity (Wildman–Crippen MR) is 62.4 cm³/mol. The second-order valence-electron chi connectivity index (χ2n) is 3.63. The summed E-state index contributed by atoms with van der Waals surface area (Å²) in [4.78, 5) is 0.450. The standard InChI is InChI=1S/C11H12BrClO/c1-14-10-5-4-8(6-9(10)13)11(12)7-2-3-7/h4-7,11H,2-3H2,1H3. The van der Waals surface area contributed by atoms with E-state index in [1.807, 2.05) is 12.1 Å². The van der Waals surface area contributed by atoms with Gasteiger partial charge in [0.1, 0.15) is 5.75 Å². The van der Waals surface area contributed by atoms with Crippen molar-refractivity contribution in [3.8, 4) is 5.75 Å². The summed E-state index contributed by atoms with van der Waals surface area (Å²) in [6, 6.07) is 5.98. The fraction of sp³-hybridized carbons (Fsp3) is 0.455. The van der Waals surface area contributed by atoms with Gasteiger partial charge in [0.2, 0.25) is 0 Å². The Bertz CT molecular complexity index is 336. The van der Waals surface area contributed by atoms with Crippen LogP contribution in [0.4, 0.5) is 0 Å². The normalized spacial score (nSPS) is 17.9. The molecule has 1 aliphatic carbocycles. The van der Waals surface area contributed by atoms with Gasteiger partial charge < -0.3 is 4.74 Å². The average molecular weight is 276 g/mol. The maximum absolute atomic E-state index is 6.05. The molecule has 0 bridgehead atoms. The third-order valence-corrected chi connectivity index (χ3v) is 4.10. The van der Waals surface area contributed by atoms with Crippen LogP contribution in [0.15, 0.2) is 18.2 Å². The molecule has 0 aromatic heterocycles. The molecule has 0 spiro atoms. The zero-order valence-corrected chi connectivity index (χ0v) is 10.3. The lowest BCUT2D eigenvalue weighted by atomic mass is 10.1. The van der Waals surface area contributed by atoms with Crippen LogP contribution in [0.5, 0.6) is 5.75 Å². The molecule has 1 nitrogen and oxygen atoms in total. The zero-order valence-electron chi connectivity index (χ0n) is 7.97. The largest absolute Gasteiger partial charge is 0.495 e. The summed E-state index contributed by atoms with van der Waals surface area (Å²) in [6.45, 7) is 0. The number of benzene rings is 1. The predicted octanol–water partition coefficient (Wildman–Crippen LogP) is 4.19. The van der Waals surface area contributed by atoms with E-state index in [-0.39, 0.29) is 0 Å². The Kier molecular flexibility index (Phi) is 3.03. The lowest BCUT2D eigenvalue weighted by Crippen LogP contribution is -1.93. The summed E-state index contributed by atoms with van der Waals surface area (Å²) in [7, 11) is 1.63. The van der Waals surface area contributed by atoms with Gasteiger partial charge in [0.15, 0.2) is 0 Å². The fourth-order valence-corrected chi connectivity index (χ4v) is 2.59. The summed E-state index contributed by atoms with van der Waals surface area (Å²) in [6.07, 6.45) is 2.64. The maximum Gasteiger partial charge on any atom is 0.137 e. The highest BCUT2D eigenvalue weighted by Crippen LogP contribution is 2.47. The molecular weight excluding hydrogens is 263 g/mol. The molecule has 0 heterocycles. The molecule has 14 heavy (non-hydrogen) atoms. The SMILES string of the molecule is COc1ccc(C(Br)C2CC2)cc1Cl. The molecule has 1 fully saturated rings. The molecule has 3 heteroatoms. The second-order valence-corrected chi connectivity index (χ2v) is 5.03. The molecule has 1 saturated carbocycles. The first-order chi connectivity index (χ1) is 6.72. The molecule has 76 valence electrons. The van der Waals surface area contributed by atoms with Crippen LogP contribution in [0.2, 0.25) is 5.02 Å². The maximum atomic E-state index is 6.05. The lowest BCUT2D eigenvalue weighted by molar-refractivity contribution is 0.415. The van der Waals surface area contributed by atoms with E-state index in [0.717, 1.165) is 11.7 Å². The second kappa shape index (κ2) is 4.11. The van der Waals surface area contributed by atoms with Crippen LogP contribution in [0.3, 0.4) is 0 Å². The topological polar surface area (TPSA) is 9.23 Å². The highest BCUT2D eigenvalue weighted by atomic mass is 79.9. The third kappa shape index (κ3) is 2.06. The molecule has 1 unspecified atom stereocenters. The molecule has 1 aromatic rings. The van der Waals surface area contributed by atoms with E-state index in [1.54, 1.807) is 7.11 Å². The van der Waals surface area contributed by atoms with Gasteiger partial charge in [-0.3, -0.25) is 0 Å². The van der Waals surface area contributed by atoms with Crippen molar-refractivity contribution in [3.05, 3.63) is 28.8 Å². The zero-order chi connectivity index (χ0) is 10.1. The number of alkyl halides is 1. The van der Waals surface area contributed by atoms with Gasteiger partial charge in [-0.1, -0.05) is 33.6 Å². The fourth-order valence-electron chi connectivity index (χ4n) is 1.52. The van der Waals surface area contributed by atoms with Gasteiger partial charge in [-0.05, 0) is 36.5 Å². The quantitative estimate of drug-likeness (QED) is 0.752. The van der Waals surface area contributed by atoms with Crippen LogP contribution in [-0.2, 0) is 0 Å². The van der Waals surface area contributed by atoms with Gasteiger partial charge in [0.25, 0.3) is 0 Å². The number of halogens is 2. The Morgan fingerprint density at radius 2 is 2.21 bits per heavy atom. The molecule has 0 N–H and O–H groups in total. The smallest absolute Gasteiger partial charge is 0.137 e. The van der Waals surface area contributed by atoms with E-state index < -0.39 is 0 Å². The van der Waals surface area contributed by atoms with Crippen molar-refractivity contribution in [1.29, 1.82) is 0 Å². The van der Waals surface area contributed by atoms with Crippen molar-refractivity contribution in [2.45, 2.75) is 17.7 Å². The van der Waals surface area contributed by atoms with Crippen molar-refractivity contribution in [1.82, 2.24) is 0 Å². The van der Waals surface area contributed by atoms with Crippen LogP contribution < -0.4 is 4.74 Å². The van der Waals surface area contributed by atoms with E-state index in [0.29, 0.717) is 9.85 Å². The molecular formula is C11H12BrClO. The minimum Gasteiger partial charge on any atom is -0.495 e. The van der Waals surface area contributed by atoms with Gasteiger partial charge in [-0.25, -0.2) is 0 Å². The van der Waals surface area contributed by atoms with Crippen LogP contribution in [-0.4, -0.2) is 7.11 Å². The van der Waals surface area contributed by atoms with Gasteiger partial charge in [0, 0.05) is 4.83 Å². The summed E-state index contributed by atoms with van der Waals surface area (Å²) in [5.74, 6) is 1.53. The summed E-state index contributed by atoms with van der Waals surface area (Å²) in [5, 5.41) is 0.690. The van der Waals surface area contributed by atoms with Gasteiger partial charge in [0.05, 0.1) is 12.1 Å². The van der Waals surface area contributed by atoms with E-state index in [4.69, 9.17) is 16.3 Å². The van der Waals surface area contributed by atoms with Crippen molar-refractivity contribution < 1.29 is 4.74 Å². The van der Waals surface area contributed by atoms with Gasteiger partial charge >= 0.3 is 0 Å². The Morgan fingerprint density at radius 1 is 1.50 bits per heavy atom. The summed E-state index contributed by atoms with van der Waals surface area (Å²) in [5.41, 5.74) is 1.25. The van der Waals surface area contributed by atoms with E-state index >= 15 is 0 Å². The number of hydrogen-bond acceptors (Lipinski definition) is 1. The number of ether oxygens (including phenoxy) is 1. The molecule has 0 aliphatic heterocycles. The monoisotopic (exact) mass is 274 g/mol. The van der Waals surface area contributed by atoms with E-state index in [1.165, 1.54) is 18.4 Å². The van der Waals surface area contributed by atoms with E-state index in [9.17, 15) is 0 Å². The highest BCUT2D eigenvalue weighted by molar-refractivity contribution is 9.09. The van der Waals surface area contributed by atoms with Gasteiger partial charge in [-0.2, -0.15) is 0 Å². The molecule has 1 aliphatic rings. The lowest BCUT2D eigenvalue weighted by Gasteiger charge is -2.10. The van der Waals surface area contributed by atoms with Crippen LogP contribution in [0, 0.1) is 5.92 Å². The first kappa shape index (κ1) is 10.3. The van der Waals surface area contributed by atoms with Crippen LogP contribution >= 0.6 is 27.5 Å². The molecule has 1 aromatic carbocycles. The van der Waals surface area contributed by atoms with Crippen molar-refractivity contribution in [3.63, 3.8) is 0 Å². The molecule has 0 amide bonds. The number of methoxy groups -OCH3 is 1. The first-order valence-electron chi connectivity index (χ1n) is 4.70. The molecule has 1 atom stereocenters. The Labute approximate surface area is 97.5 Å². The van der Waals surface area contributed by atoms with Crippen molar-refractivity contribution in [2.24, 2.45) is 5.92 Å². The summed E-state index contributed by atoms with van der Waals surface area (Å²) >= 11 is 9.75. The Morgan fingerprint density at radius 3 is 2.71 bits per heavy atom. The molecule has 0 radical (unpaired) electrons. The minimum atomic E-state index is 0.450. The van der Waals surface area contributed by atoms with Gasteiger partial charge in [-0.15, -0.1) is 0 Å². The average Bonchev–Trinajstić information content (AvgIpc) is 3.00. The Hall–Kier alpha value is -0.210. The van der Waals surface area contributed by atoms with Crippen LogP contribution in [0.25, 0.3) is 0 Å². The number of hydrogen-bond donors (Lipinski definition) is 0. The number of rotatable bonds is 3. The summed E-state index contributed by atoms with van der Waals surface area (Å²) < 4.78 is 5.11.